The summed E-state index contributed by atoms with van der Waals surface area (Å²) in [6, 6.07) is 7.49. The second kappa shape index (κ2) is 7.21. The summed E-state index contributed by atoms with van der Waals surface area (Å²) in [6.45, 7) is 8.37. The molecule has 0 saturated carbocycles. The van der Waals surface area contributed by atoms with Crippen LogP contribution < -0.4 is 9.80 Å². The summed E-state index contributed by atoms with van der Waals surface area (Å²) < 4.78 is 0. The van der Waals surface area contributed by atoms with E-state index in [-0.39, 0.29) is 0 Å². The van der Waals surface area contributed by atoms with Gasteiger partial charge in [0.15, 0.2) is 6.54 Å². The lowest BCUT2D eigenvalue weighted by Gasteiger charge is -2.35. The fourth-order valence-corrected chi connectivity index (χ4v) is 3.71. The molecule has 0 aromatic heterocycles. The number of nitrogens with zero attached hydrogens (tertiary/aromatic N) is 2. The molecule has 2 heterocycles. The number of likely N-dealkylation sites (tertiary alicyclic amines) is 1. The minimum Gasteiger partial charge on any atom is -0.506 e. The number of phenolic OH excluding ortho intramolecular Hbond substituents is 1. The topological polar surface area (TPSA) is 48.2 Å². The van der Waals surface area contributed by atoms with Crippen LogP contribution >= 0.6 is 0 Å². The fraction of sp³-hybridized carbons (Fsp3) is 0.611. The van der Waals surface area contributed by atoms with Gasteiger partial charge >= 0.3 is 0 Å². The van der Waals surface area contributed by atoms with Gasteiger partial charge in [-0.15, -0.1) is 0 Å². The first-order valence-electron chi connectivity index (χ1n) is 8.78. The third kappa shape index (κ3) is 3.96. The zero-order valence-corrected chi connectivity index (χ0v) is 14.0. The maximum absolute atomic E-state index is 12.5. The average Bonchev–Trinajstić information content (AvgIpc) is 2.56. The van der Waals surface area contributed by atoms with Crippen molar-refractivity contribution in [2.24, 2.45) is 5.92 Å². The highest BCUT2D eigenvalue weighted by Crippen LogP contribution is 2.25. The smallest absolute Gasteiger partial charge is 0.277 e. The average molecular weight is 318 g/mol. The molecule has 126 valence electrons. The summed E-state index contributed by atoms with van der Waals surface area (Å²) in [5.74, 6) is 1.29. The molecule has 0 spiro atoms. The molecule has 2 saturated heterocycles. The van der Waals surface area contributed by atoms with Crippen molar-refractivity contribution in [2.75, 3.05) is 50.7 Å². The number of quaternary nitrogens is 1. The lowest BCUT2D eigenvalue weighted by Crippen LogP contribution is -3.16. The van der Waals surface area contributed by atoms with Gasteiger partial charge in [-0.1, -0.05) is 19.1 Å². The normalized spacial score (nSPS) is 23.1. The predicted molar refractivity (Wildman–Crippen MR) is 90.9 cm³/mol. The number of piperazine rings is 1. The van der Waals surface area contributed by atoms with Gasteiger partial charge in [-0.2, -0.15) is 0 Å². The highest BCUT2D eigenvalue weighted by atomic mass is 16.3. The number of carbonyl (C=O) groups is 1. The minimum atomic E-state index is 0.308. The molecule has 5 nitrogen and oxygen atoms in total. The first-order chi connectivity index (χ1) is 11.1. The fourth-order valence-electron chi connectivity index (χ4n) is 3.71. The van der Waals surface area contributed by atoms with E-state index in [4.69, 9.17) is 0 Å². The van der Waals surface area contributed by atoms with Gasteiger partial charge in [-0.3, -0.25) is 4.79 Å². The van der Waals surface area contributed by atoms with Crippen molar-refractivity contribution in [3.63, 3.8) is 0 Å². The first kappa shape index (κ1) is 16.1. The summed E-state index contributed by atoms with van der Waals surface area (Å²) in [7, 11) is 0. The summed E-state index contributed by atoms with van der Waals surface area (Å²) in [4.78, 5) is 18.1. The maximum Gasteiger partial charge on any atom is 0.277 e. The van der Waals surface area contributed by atoms with Gasteiger partial charge < -0.3 is 19.8 Å². The van der Waals surface area contributed by atoms with E-state index in [0.717, 1.165) is 51.4 Å². The van der Waals surface area contributed by atoms with Crippen LogP contribution in [0.2, 0.25) is 0 Å². The summed E-state index contributed by atoms with van der Waals surface area (Å²) >= 11 is 0. The quantitative estimate of drug-likeness (QED) is 0.846. The Morgan fingerprint density at radius 2 is 2.00 bits per heavy atom. The molecule has 1 atom stereocenters. The van der Waals surface area contributed by atoms with Crippen LogP contribution in [0.5, 0.6) is 5.75 Å². The molecule has 3 rings (SSSR count). The van der Waals surface area contributed by atoms with Crippen molar-refractivity contribution in [2.45, 2.75) is 19.8 Å². The highest BCUT2D eigenvalue weighted by Gasteiger charge is 2.27. The molecule has 2 fully saturated rings. The number of amides is 1. The molecular weight excluding hydrogens is 290 g/mol. The Kier molecular flexibility index (Phi) is 5.06. The van der Waals surface area contributed by atoms with E-state index in [1.54, 1.807) is 6.07 Å². The molecule has 2 N–H and O–H groups in total. The molecule has 2 aliphatic heterocycles. The van der Waals surface area contributed by atoms with E-state index in [1.807, 2.05) is 18.2 Å². The van der Waals surface area contributed by atoms with Crippen molar-refractivity contribution < 1.29 is 14.8 Å². The second-order valence-electron chi connectivity index (χ2n) is 6.99. The Labute approximate surface area is 138 Å². The Balaban J connectivity index is 1.49. The largest absolute Gasteiger partial charge is 0.506 e. The number of aromatic hydroxyl groups is 1. The number of piperidine rings is 1. The van der Waals surface area contributed by atoms with Crippen LogP contribution in [-0.4, -0.2) is 61.7 Å². The molecule has 0 radical (unpaired) electrons. The van der Waals surface area contributed by atoms with E-state index < -0.39 is 0 Å². The number of hydrogen-bond donors (Lipinski definition) is 2. The molecule has 1 aromatic rings. The van der Waals surface area contributed by atoms with E-state index in [9.17, 15) is 9.90 Å². The molecule has 1 amide bonds. The van der Waals surface area contributed by atoms with Crippen LogP contribution in [0, 0.1) is 5.92 Å². The summed E-state index contributed by atoms with van der Waals surface area (Å²) in [5.41, 5.74) is 0.905. The van der Waals surface area contributed by atoms with Crippen molar-refractivity contribution in [3.05, 3.63) is 24.3 Å². The van der Waals surface area contributed by atoms with Crippen LogP contribution in [0.1, 0.15) is 19.8 Å². The molecule has 0 aliphatic carbocycles. The molecule has 23 heavy (non-hydrogen) atoms. The number of hydrogen-bond acceptors (Lipinski definition) is 3. The van der Waals surface area contributed by atoms with Crippen LogP contribution in [0.3, 0.4) is 0 Å². The lowest BCUT2D eigenvalue weighted by atomic mass is 10.0. The van der Waals surface area contributed by atoms with Crippen LogP contribution in [0.15, 0.2) is 24.3 Å². The van der Waals surface area contributed by atoms with Crippen molar-refractivity contribution in [1.82, 2.24) is 4.90 Å². The summed E-state index contributed by atoms with van der Waals surface area (Å²) in [5, 5.41) is 9.96. The number of phenols is 1. The van der Waals surface area contributed by atoms with Crippen molar-refractivity contribution in [1.29, 1.82) is 0 Å². The number of benzene rings is 1. The van der Waals surface area contributed by atoms with Gasteiger partial charge in [0, 0.05) is 13.1 Å². The zero-order valence-electron chi connectivity index (χ0n) is 14.0. The second-order valence-corrected chi connectivity index (χ2v) is 6.99. The van der Waals surface area contributed by atoms with Gasteiger partial charge in [-0.25, -0.2) is 0 Å². The number of carbonyl (C=O) groups excluding carboxylic acids is 1. The number of para-hydroxylation sites is 2. The predicted octanol–water partition coefficient (Wildman–Crippen LogP) is 0.356. The van der Waals surface area contributed by atoms with Crippen molar-refractivity contribution in [3.8, 4) is 5.75 Å². The highest BCUT2D eigenvalue weighted by molar-refractivity contribution is 5.77. The van der Waals surface area contributed by atoms with Gasteiger partial charge in [0.25, 0.3) is 5.91 Å². The van der Waals surface area contributed by atoms with Crippen LogP contribution in [0.25, 0.3) is 0 Å². The molecular formula is C18H28N3O2+. The SMILES string of the molecule is C[C@@H]1CCCN(C(=O)C[NH+]2CCN(c3ccccc3O)CC2)C1. The third-order valence-corrected chi connectivity index (χ3v) is 5.10. The van der Waals surface area contributed by atoms with Gasteiger partial charge in [-0.05, 0) is 30.9 Å². The first-order valence-corrected chi connectivity index (χ1v) is 8.78. The Morgan fingerprint density at radius 1 is 1.26 bits per heavy atom. The van der Waals surface area contributed by atoms with E-state index >= 15 is 0 Å². The van der Waals surface area contributed by atoms with Crippen LogP contribution in [-0.2, 0) is 4.79 Å². The monoisotopic (exact) mass is 318 g/mol. The molecule has 1 aromatic carbocycles. The van der Waals surface area contributed by atoms with Crippen LogP contribution in [0.4, 0.5) is 5.69 Å². The van der Waals surface area contributed by atoms with Gasteiger partial charge in [0.05, 0.1) is 31.9 Å². The van der Waals surface area contributed by atoms with Gasteiger partial charge in [0.2, 0.25) is 0 Å². The lowest BCUT2D eigenvalue weighted by molar-refractivity contribution is -0.892. The third-order valence-electron chi connectivity index (χ3n) is 5.10. The number of nitrogens with one attached hydrogen (secondary N) is 1. The summed E-state index contributed by atoms with van der Waals surface area (Å²) in [6.07, 6.45) is 2.39. The Hall–Kier alpha value is -1.75. The Morgan fingerprint density at radius 3 is 2.70 bits per heavy atom. The molecule has 5 heteroatoms. The van der Waals surface area contributed by atoms with E-state index in [1.165, 1.54) is 11.3 Å². The number of rotatable bonds is 3. The molecule has 0 unspecified atom stereocenters. The van der Waals surface area contributed by atoms with E-state index in [2.05, 4.69) is 16.7 Å². The minimum absolute atomic E-state index is 0.308. The molecule has 2 aliphatic rings. The van der Waals surface area contributed by atoms with Crippen molar-refractivity contribution >= 4 is 11.6 Å². The Bertz CT molecular complexity index is 541. The zero-order chi connectivity index (χ0) is 16.2. The maximum atomic E-state index is 12.5. The van der Waals surface area contributed by atoms with Gasteiger partial charge in [0.1, 0.15) is 5.75 Å². The number of anilines is 1. The molecule has 0 bridgehead atoms. The van der Waals surface area contributed by atoms with E-state index in [0.29, 0.717) is 24.1 Å². The standard InChI is InChI=1S/C18H27N3O2/c1-15-5-4-8-21(13-15)18(23)14-19-9-11-20(12-10-19)16-6-2-3-7-17(16)22/h2-3,6-7,15,22H,4-5,8-14H2,1H3/p+1/t15-/m1/s1.